The van der Waals surface area contributed by atoms with Crippen LogP contribution in [-0.4, -0.2) is 18.4 Å². The van der Waals surface area contributed by atoms with E-state index in [0.29, 0.717) is 17.7 Å². The molecule has 0 spiro atoms. The third kappa shape index (κ3) is 3.09. The number of carbonyl (C=O) groups excluding carboxylic acids is 1. The monoisotopic (exact) mass is 199 g/mol. The Balaban J connectivity index is 0.00000196. The van der Waals surface area contributed by atoms with Gasteiger partial charge in [0.1, 0.15) is 5.78 Å². The molecule has 1 aliphatic carbocycles. The van der Waals surface area contributed by atoms with E-state index in [1.165, 1.54) is 12.8 Å². The van der Waals surface area contributed by atoms with Crippen LogP contribution < -0.4 is 5.32 Å². The molecule has 1 N–H and O–H groups in total. The minimum Gasteiger partial charge on any atom is -0.314 e. The van der Waals surface area contributed by atoms with Gasteiger partial charge < -0.3 is 5.32 Å². The number of ketones is 1. The fourth-order valence-corrected chi connectivity index (χ4v) is 2.34. The Kier molecular flexibility index (Phi) is 4.59. The van der Waals surface area contributed by atoms with Crippen molar-refractivity contribution in [2.24, 2.45) is 11.8 Å². The van der Waals surface area contributed by atoms with Crippen LogP contribution in [0.3, 0.4) is 0 Å². The Morgan fingerprint density at radius 2 is 1.93 bits per heavy atom. The Morgan fingerprint density at radius 3 is 2.36 bits per heavy atom. The molecule has 1 fully saturated rings. The second-order valence-electron chi connectivity index (χ2n) is 4.66. The van der Waals surface area contributed by atoms with E-state index < -0.39 is 0 Å². The highest BCUT2D eigenvalue weighted by molar-refractivity contribution is 5.82. The van der Waals surface area contributed by atoms with Gasteiger partial charge in [-0.3, -0.25) is 4.79 Å². The molecule has 0 aromatic heterocycles. The Labute approximate surface area is 88.9 Å². The number of rotatable bonds is 4. The molecular formula is C12H25NO. The molecular weight excluding hydrogens is 174 g/mol. The third-order valence-corrected chi connectivity index (χ3v) is 3.19. The van der Waals surface area contributed by atoms with Gasteiger partial charge in [0.05, 0.1) is 0 Å². The number of hydrogen-bond donors (Lipinski definition) is 1. The van der Waals surface area contributed by atoms with E-state index in [1.54, 1.807) is 0 Å². The Morgan fingerprint density at radius 1 is 1.36 bits per heavy atom. The predicted octanol–water partition coefficient (Wildman–Crippen LogP) is 2.63. The minimum absolute atomic E-state index is 0. The third-order valence-electron chi connectivity index (χ3n) is 3.19. The van der Waals surface area contributed by atoms with Crippen molar-refractivity contribution in [3.63, 3.8) is 0 Å². The lowest BCUT2D eigenvalue weighted by atomic mass is 9.80. The second-order valence-corrected chi connectivity index (χ2v) is 4.66. The van der Waals surface area contributed by atoms with E-state index in [9.17, 15) is 4.79 Å². The maximum absolute atomic E-state index is 11.7. The molecule has 0 aliphatic heterocycles. The molecule has 0 heterocycles. The normalized spacial score (nSPS) is 28.0. The maximum atomic E-state index is 11.7. The summed E-state index contributed by atoms with van der Waals surface area (Å²) in [7, 11) is 0. The van der Waals surface area contributed by atoms with Crippen molar-refractivity contribution >= 4 is 5.78 Å². The van der Waals surface area contributed by atoms with Crippen LogP contribution >= 0.6 is 0 Å². The molecule has 0 unspecified atom stereocenters. The zero-order valence-electron chi connectivity index (χ0n) is 9.68. The van der Waals surface area contributed by atoms with Crippen LogP contribution in [0.1, 0.15) is 47.9 Å². The summed E-state index contributed by atoms with van der Waals surface area (Å²) in [4.78, 5) is 11.7. The summed E-state index contributed by atoms with van der Waals surface area (Å²) in [6, 6.07) is 0.663. The molecule has 14 heavy (non-hydrogen) atoms. The van der Waals surface area contributed by atoms with Crippen LogP contribution in [0.5, 0.6) is 0 Å². The average molecular weight is 199 g/mol. The summed E-state index contributed by atoms with van der Waals surface area (Å²) >= 11 is 0. The lowest BCUT2D eigenvalue weighted by Crippen LogP contribution is -2.35. The van der Waals surface area contributed by atoms with Gasteiger partial charge in [-0.25, -0.2) is 0 Å². The Bertz CT molecular complexity index is 186. The molecule has 0 amide bonds. The van der Waals surface area contributed by atoms with Gasteiger partial charge in [-0.15, -0.1) is 0 Å². The van der Waals surface area contributed by atoms with E-state index in [1.807, 2.05) is 13.8 Å². The quantitative estimate of drug-likeness (QED) is 0.754. The molecule has 2 heteroatoms. The Hall–Kier alpha value is -0.370. The number of carbonyl (C=O) groups is 1. The van der Waals surface area contributed by atoms with Gasteiger partial charge in [0, 0.05) is 19.3 Å². The van der Waals surface area contributed by atoms with Crippen LogP contribution in [0.15, 0.2) is 0 Å². The smallest absolute Gasteiger partial charge is 0.138 e. The van der Waals surface area contributed by atoms with Gasteiger partial charge in [0.25, 0.3) is 0 Å². The number of nitrogens with one attached hydrogen (secondary N) is 1. The molecule has 0 bridgehead atoms. The average Bonchev–Trinajstić information content (AvgIpc) is 2.18. The van der Waals surface area contributed by atoms with Crippen LogP contribution in [0.2, 0.25) is 0 Å². The van der Waals surface area contributed by atoms with Gasteiger partial charge >= 0.3 is 0 Å². The summed E-state index contributed by atoms with van der Waals surface area (Å²) in [6.45, 7) is 7.22. The van der Waals surface area contributed by atoms with Crippen molar-refractivity contribution in [2.45, 2.75) is 52.5 Å². The number of hydrogen-bond acceptors (Lipinski definition) is 2. The summed E-state index contributed by atoms with van der Waals surface area (Å²) in [6.07, 6.45) is 4.54. The van der Waals surface area contributed by atoms with E-state index in [-0.39, 0.29) is 7.34 Å². The molecule has 1 aliphatic rings. The first kappa shape index (κ1) is 11.7. The van der Waals surface area contributed by atoms with Crippen LogP contribution in [-0.2, 0) is 4.79 Å². The van der Waals surface area contributed by atoms with Crippen LogP contribution in [0.4, 0.5) is 0 Å². The highest BCUT2D eigenvalue weighted by Gasteiger charge is 2.26. The molecule has 1 saturated carbocycles. The lowest BCUT2D eigenvalue weighted by Gasteiger charge is -2.28. The summed E-state index contributed by atoms with van der Waals surface area (Å²) < 4.78 is 0. The van der Waals surface area contributed by atoms with E-state index >= 15 is 0 Å². The van der Waals surface area contributed by atoms with E-state index in [2.05, 4.69) is 12.2 Å². The largest absolute Gasteiger partial charge is 0.314 e. The molecule has 2 nitrogen and oxygen atoms in total. The summed E-state index contributed by atoms with van der Waals surface area (Å²) in [5, 5.41) is 3.46. The van der Waals surface area contributed by atoms with Crippen LogP contribution in [0, 0.1) is 11.8 Å². The molecule has 0 aromatic carbocycles. The minimum atomic E-state index is 0. The first-order chi connectivity index (χ1) is 6.65. The van der Waals surface area contributed by atoms with Crippen molar-refractivity contribution in [2.75, 3.05) is 6.54 Å². The van der Waals surface area contributed by atoms with Gasteiger partial charge in [-0.2, -0.15) is 0 Å². The fourth-order valence-electron chi connectivity index (χ4n) is 2.34. The van der Waals surface area contributed by atoms with Crippen molar-refractivity contribution in [1.29, 1.82) is 0 Å². The summed E-state index contributed by atoms with van der Waals surface area (Å²) in [5.74, 6) is 1.04. The molecule has 0 radical (unpaired) electrons. The highest BCUT2D eigenvalue weighted by atomic mass is 16.1. The standard InChI is InChI=1S/C12H23NO.H2/c1-4-13-11-7-5-10(6-8-11)12(14)9(2)3;/h9-11,13H,4-8H2,1-3H3;1H. The van der Waals surface area contributed by atoms with Gasteiger partial charge in [0.15, 0.2) is 0 Å². The number of Topliss-reactive ketones (excluding diaryl/α,β-unsaturated/α-hetero) is 1. The topological polar surface area (TPSA) is 29.1 Å². The van der Waals surface area contributed by atoms with Crippen molar-refractivity contribution in [1.82, 2.24) is 5.32 Å². The first-order valence-electron chi connectivity index (χ1n) is 5.92. The molecule has 1 rings (SSSR count). The van der Waals surface area contributed by atoms with Crippen LogP contribution in [0.25, 0.3) is 0 Å². The highest BCUT2D eigenvalue weighted by Crippen LogP contribution is 2.26. The fraction of sp³-hybridized carbons (Fsp3) is 0.917. The molecule has 0 saturated heterocycles. The lowest BCUT2D eigenvalue weighted by molar-refractivity contribution is -0.126. The van der Waals surface area contributed by atoms with Crippen molar-refractivity contribution in [3.8, 4) is 0 Å². The summed E-state index contributed by atoms with van der Waals surface area (Å²) in [5.41, 5.74) is 0. The maximum Gasteiger partial charge on any atom is 0.138 e. The molecule has 0 atom stereocenters. The van der Waals surface area contributed by atoms with Gasteiger partial charge in [-0.05, 0) is 32.2 Å². The zero-order chi connectivity index (χ0) is 10.6. The molecule has 84 valence electrons. The van der Waals surface area contributed by atoms with E-state index in [4.69, 9.17) is 0 Å². The van der Waals surface area contributed by atoms with Crippen molar-refractivity contribution < 1.29 is 6.22 Å². The predicted molar refractivity (Wildman–Crippen MR) is 61.4 cm³/mol. The SMILES string of the molecule is CCNC1CCC(C(=O)C(C)C)CC1.[HH]. The van der Waals surface area contributed by atoms with Gasteiger partial charge in [0.2, 0.25) is 0 Å². The first-order valence-corrected chi connectivity index (χ1v) is 5.92. The van der Waals surface area contributed by atoms with Gasteiger partial charge in [-0.1, -0.05) is 20.8 Å². The zero-order valence-corrected chi connectivity index (χ0v) is 9.68. The van der Waals surface area contributed by atoms with Crippen molar-refractivity contribution in [3.05, 3.63) is 0 Å². The molecule has 0 aromatic rings. The second kappa shape index (κ2) is 5.50. The van der Waals surface area contributed by atoms with E-state index in [0.717, 1.165) is 19.4 Å².